The average molecular weight is 1200 g/mol. The quantitative estimate of drug-likeness (QED) is 0.0376. The van der Waals surface area contributed by atoms with Crippen molar-refractivity contribution < 1.29 is 4.74 Å². The first-order valence-electron chi connectivity index (χ1n) is 34.6. The molecule has 87 heavy (non-hydrogen) atoms. The summed E-state index contributed by atoms with van der Waals surface area (Å²) in [5.41, 5.74) is 26.6. The van der Waals surface area contributed by atoms with E-state index in [1.54, 1.807) is 0 Å². The molecule has 0 saturated heterocycles. The molecule has 0 bridgehead atoms. The predicted molar refractivity (Wildman–Crippen MR) is 375 cm³/mol. The number of rotatable bonds is 34. The molecule has 0 atom stereocenters. The van der Waals surface area contributed by atoms with Crippen LogP contribution in [0.5, 0.6) is 5.75 Å². The molecule has 2 aromatic heterocycles. The lowest BCUT2D eigenvalue weighted by Gasteiger charge is -2.33. The van der Waals surface area contributed by atoms with Crippen LogP contribution < -0.4 is 4.74 Å². The van der Waals surface area contributed by atoms with Crippen LogP contribution in [0.1, 0.15) is 249 Å². The van der Waals surface area contributed by atoms with Crippen LogP contribution in [0.25, 0.3) is 88.8 Å². The van der Waals surface area contributed by atoms with Gasteiger partial charge in [-0.15, -0.1) is 0 Å². The summed E-state index contributed by atoms with van der Waals surface area (Å²) >= 11 is 2.70. The van der Waals surface area contributed by atoms with Crippen molar-refractivity contribution in [2.75, 3.05) is 0 Å². The third-order valence-electron chi connectivity index (χ3n) is 20.1. The number of aromatic nitrogens is 4. The molecule has 456 valence electrons. The highest BCUT2D eigenvalue weighted by molar-refractivity contribution is 7.00. The Bertz CT molecular complexity index is 3680. The van der Waals surface area contributed by atoms with Gasteiger partial charge in [-0.2, -0.15) is 17.5 Å². The molecule has 0 spiro atoms. The fourth-order valence-corrected chi connectivity index (χ4v) is 16.6. The molecule has 2 heterocycles. The van der Waals surface area contributed by atoms with Crippen molar-refractivity contribution in [1.29, 1.82) is 0 Å². The van der Waals surface area contributed by atoms with Gasteiger partial charge in [0, 0.05) is 27.5 Å². The molecule has 0 unspecified atom stereocenters. The molecule has 7 aromatic carbocycles. The topological polar surface area (TPSA) is 60.8 Å². The van der Waals surface area contributed by atoms with E-state index in [4.69, 9.17) is 22.2 Å². The van der Waals surface area contributed by atoms with Crippen molar-refractivity contribution in [2.24, 2.45) is 0 Å². The van der Waals surface area contributed by atoms with Crippen molar-refractivity contribution in [1.82, 2.24) is 17.5 Å². The maximum Gasteiger partial charge on any atom is 0.119 e. The van der Waals surface area contributed by atoms with Crippen LogP contribution in [-0.2, 0) is 10.8 Å². The highest BCUT2D eigenvalue weighted by Gasteiger charge is 2.44. The van der Waals surface area contributed by atoms with E-state index in [2.05, 4.69) is 170 Å². The summed E-state index contributed by atoms with van der Waals surface area (Å²) in [4.78, 5) is 0. The van der Waals surface area contributed by atoms with Gasteiger partial charge >= 0.3 is 0 Å². The van der Waals surface area contributed by atoms with E-state index in [0.717, 1.165) is 53.5 Å². The lowest BCUT2D eigenvalue weighted by molar-refractivity contribution is 0.242. The van der Waals surface area contributed by atoms with Crippen LogP contribution in [0.4, 0.5) is 0 Å². The van der Waals surface area contributed by atoms with Crippen LogP contribution in [0.3, 0.4) is 0 Å². The van der Waals surface area contributed by atoms with Crippen LogP contribution >= 0.6 is 23.5 Å². The Morgan fingerprint density at radius 1 is 0.322 bits per heavy atom. The van der Waals surface area contributed by atoms with E-state index in [9.17, 15) is 0 Å². The van der Waals surface area contributed by atoms with Crippen molar-refractivity contribution >= 4 is 45.5 Å². The van der Waals surface area contributed by atoms with Gasteiger partial charge in [0.05, 0.1) is 29.6 Å². The zero-order valence-corrected chi connectivity index (χ0v) is 55.6. The van der Waals surface area contributed by atoms with E-state index in [1.165, 1.54) is 272 Å². The Morgan fingerprint density at radius 3 is 0.977 bits per heavy atom. The summed E-state index contributed by atoms with van der Waals surface area (Å²) < 4.78 is 26.2. The first kappa shape index (κ1) is 62.6. The number of aryl methyl sites for hydroxylation is 1. The third-order valence-corrected chi connectivity index (χ3v) is 21.1. The SMILES string of the molecule is CCCCCCCCC1(CCCCCCCC)c2cc(-c3ccc(OC(C)C)cc3)ccc2-c2ccc(-c3ccc(-c4ccc5c(c4)C(CCCCCCCC)(CCCCCCCC)c4cc(-c6ccc(C)c7nsnc67)ccc4-5)c4nsnc34)cc21. The fraction of sp³-hybridized carbons (Fsp3) is 0.475. The van der Waals surface area contributed by atoms with E-state index in [0.29, 0.717) is 0 Å². The maximum atomic E-state index is 6.11. The van der Waals surface area contributed by atoms with Crippen LogP contribution in [-0.4, -0.2) is 23.6 Å². The number of benzene rings is 7. The monoisotopic (exact) mass is 1190 g/mol. The second kappa shape index (κ2) is 29.5. The molecule has 0 aliphatic heterocycles. The summed E-state index contributed by atoms with van der Waals surface area (Å²) in [6, 6.07) is 47.9. The Hall–Kier alpha value is -6.02. The van der Waals surface area contributed by atoms with Gasteiger partial charge in [0.2, 0.25) is 0 Å². The van der Waals surface area contributed by atoms with E-state index in [1.807, 2.05) is 0 Å². The van der Waals surface area contributed by atoms with Gasteiger partial charge in [0.25, 0.3) is 0 Å². The molecule has 2 aliphatic carbocycles. The van der Waals surface area contributed by atoms with Gasteiger partial charge in [-0.1, -0.05) is 267 Å². The smallest absolute Gasteiger partial charge is 0.119 e. The number of nitrogens with zero attached hydrogens (tertiary/aromatic N) is 4. The van der Waals surface area contributed by atoms with E-state index >= 15 is 0 Å². The zero-order valence-electron chi connectivity index (χ0n) is 53.9. The molecular formula is C80H98N4OS2. The van der Waals surface area contributed by atoms with E-state index in [-0.39, 0.29) is 16.9 Å². The van der Waals surface area contributed by atoms with Gasteiger partial charge in [-0.25, -0.2) is 0 Å². The minimum absolute atomic E-state index is 0.0864. The Labute approximate surface area is 531 Å². The number of unbranched alkanes of at least 4 members (excludes halogenated alkanes) is 20. The molecule has 0 radical (unpaired) electrons. The molecule has 0 amide bonds. The normalized spacial score (nSPS) is 13.7. The number of hydrogen-bond donors (Lipinski definition) is 0. The van der Waals surface area contributed by atoms with Crippen molar-refractivity contribution in [2.45, 2.75) is 245 Å². The number of fused-ring (bicyclic) bond motifs is 8. The predicted octanol–water partition coefficient (Wildman–Crippen LogP) is 25.0. The minimum Gasteiger partial charge on any atom is -0.491 e. The second-order valence-corrected chi connectivity index (χ2v) is 27.5. The maximum absolute atomic E-state index is 6.11. The molecule has 0 N–H and O–H groups in total. The van der Waals surface area contributed by atoms with Crippen LogP contribution in [0.2, 0.25) is 0 Å². The van der Waals surface area contributed by atoms with Gasteiger partial charge in [-0.05, 0) is 161 Å². The first-order chi connectivity index (χ1) is 42.7. The van der Waals surface area contributed by atoms with Crippen molar-refractivity contribution in [3.8, 4) is 72.5 Å². The summed E-state index contributed by atoms with van der Waals surface area (Å²) in [7, 11) is 0. The van der Waals surface area contributed by atoms with E-state index < -0.39 is 0 Å². The van der Waals surface area contributed by atoms with Crippen molar-refractivity contribution in [3.05, 3.63) is 149 Å². The summed E-state index contributed by atoms with van der Waals surface area (Å²) in [6.45, 7) is 15.7. The molecule has 9 aromatic rings. The van der Waals surface area contributed by atoms with Gasteiger partial charge in [0.15, 0.2) is 0 Å². The standard InChI is InChI=1S/C80H98N4OS2/c1-8-12-16-20-24-28-48-79(49-29-25-21-17-13-9-2)71-52-59(58-33-39-63(40-34-58)85-56(5)6)35-42-67(71)68-44-37-61(54-72(68)79)65-46-47-66(78-77(65)83-87-84-78)62-38-45-70-69-43-36-60(64-41-32-57(7)75-76(64)82-86-81-75)53-73(69)80(74(70)55-62,50-30-26-22-18-14-10-3)51-31-27-23-19-15-11-4/h32-47,52-56H,8-31,48-51H2,1-7H3. The highest BCUT2D eigenvalue weighted by atomic mass is 32.1. The van der Waals surface area contributed by atoms with Gasteiger partial charge < -0.3 is 4.74 Å². The fourth-order valence-electron chi connectivity index (χ4n) is 15.4. The Morgan fingerprint density at radius 2 is 0.609 bits per heavy atom. The average Bonchev–Trinajstić information content (AvgIpc) is 1.62. The van der Waals surface area contributed by atoms with Crippen LogP contribution in [0.15, 0.2) is 121 Å². The summed E-state index contributed by atoms with van der Waals surface area (Å²) in [5.74, 6) is 0.926. The summed E-state index contributed by atoms with van der Waals surface area (Å²) in [5, 5.41) is 0. The van der Waals surface area contributed by atoms with Crippen molar-refractivity contribution in [3.63, 3.8) is 0 Å². The molecule has 2 aliphatic rings. The van der Waals surface area contributed by atoms with Gasteiger partial charge in [0.1, 0.15) is 27.8 Å². The molecule has 5 nitrogen and oxygen atoms in total. The van der Waals surface area contributed by atoms with Crippen LogP contribution in [0, 0.1) is 6.92 Å². The molecule has 0 fully saturated rings. The summed E-state index contributed by atoms with van der Waals surface area (Å²) in [6.07, 6.45) is 35.7. The molecular weight excluding hydrogens is 1100 g/mol. The van der Waals surface area contributed by atoms with Gasteiger partial charge in [-0.3, -0.25) is 0 Å². The molecule has 11 rings (SSSR count). The Kier molecular flexibility index (Phi) is 21.2. The molecule has 0 saturated carbocycles. The Balaban J connectivity index is 0.989. The largest absolute Gasteiger partial charge is 0.491 e. The number of ether oxygens (including phenoxy) is 1. The zero-order chi connectivity index (χ0) is 60.2. The molecule has 7 heteroatoms. The second-order valence-electron chi connectivity index (χ2n) is 26.5. The third kappa shape index (κ3) is 13.5. The first-order valence-corrected chi connectivity index (χ1v) is 36.0. The minimum atomic E-state index is -0.108. The lowest BCUT2D eigenvalue weighted by Crippen LogP contribution is -2.25. The number of hydrogen-bond acceptors (Lipinski definition) is 7. The lowest BCUT2D eigenvalue weighted by atomic mass is 9.69. The highest BCUT2D eigenvalue weighted by Crippen LogP contribution is 2.58.